The minimum atomic E-state index is -1.78. The molecule has 12 atom stereocenters. The van der Waals surface area contributed by atoms with Gasteiger partial charge in [-0.15, -0.1) is 0 Å². The molecule has 9 N–H and O–H groups in total. The zero-order valence-electron chi connectivity index (χ0n) is 55.9. The highest BCUT2D eigenvalue weighted by Crippen LogP contribution is 2.30. The molecule has 0 aromatic carbocycles. The van der Waals surface area contributed by atoms with Crippen molar-refractivity contribution in [2.45, 2.75) is 434 Å². The second-order valence-corrected chi connectivity index (χ2v) is 26.8. The normalized spacial score (nSPS) is 23.3. The number of carbonyl (C=O) groups is 1. The van der Waals surface area contributed by atoms with Gasteiger partial charge in [0.25, 0.3) is 0 Å². The Hall–Kier alpha value is -1.01. The summed E-state index contributed by atoms with van der Waals surface area (Å²) in [4.78, 5) is 13.4. The largest absolute Gasteiger partial charge is 0.394 e. The Labute approximate surface area is 527 Å². The maximum Gasteiger partial charge on any atom is 0.220 e. The van der Waals surface area contributed by atoms with Crippen LogP contribution in [0.1, 0.15) is 361 Å². The zero-order valence-corrected chi connectivity index (χ0v) is 55.9. The number of amides is 1. The van der Waals surface area contributed by atoms with E-state index in [2.05, 4.69) is 19.2 Å². The molecule has 2 aliphatic heterocycles. The van der Waals surface area contributed by atoms with Crippen molar-refractivity contribution in [2.24, 2.45) is 0 Å². The summed E-state index contributed by atoms with van der Waals surface area (Å²) in [5, 5.41) is 87.6. The van der Waals surface area contributed by atoms with Crippen LogP contribution in [0.5, 0.6) is 0 Å². The molecule has 86 heavy (non-hydrogen) atoms. The van der Waals surface area contributed by atoms with E-state index in [-0.39, 0.29) is 12.5 Å². The molecule has 14 heteroatoms. The van der Waals surface area contributed by atoms with Crippen LogP contribution in [-0.2, 0) is 23.7 Å². The van der Waals surface area contributed by atoms with E-state index >= 15 is 0 Å². The predicted molar refractivity (Wildman–Crippen MR) is 351 cm³/mol. The first kappa shape index (κ1) is 81.1. The van der Waals surface area contributed by atoms with Crippen LogP contribution in [0.4, 0.5) is 0 Å². The van der Waals surface area contributed by atoms with Gasteiger partial charge in [0.1, 0.15) is 48.8 Å². The van der Waals surface area contributed by atoms with Gasteiger partial charge in [0.15, 0.2) is 12.6 Å². The van der Waals surface area contributed by atoms with Crippen molar-refractivity contribution >= 4 is 5.91 Å². The highest BCUT2D eigenvalue weighted by molar-refractivity contribution is 5.76. The standard InChI is InChI=1S/C72H141NO13/c1-3-5-7-9-11-13-15-17-19-21-23-24-25-26-27-28-29-30-31-32-33-34-35-36-37-38-40-42-44-46-48-50-52-54-56-64(77)73-60(61(76)55-53-51-49-47-45-43-41-39-22-20-18-16-14-12-10-8-6-4-2)59-83-71-69(82)67(80)70(63(58-75)85-71)86-72-68(81)66(79)65(78)62(57-74)84-72/h60-63,65-72,74-76,78-82H,3-59H2,1-2H3,(H,73,77). The number of aliphatic hydroxyl groups excluding tert-OH is 8. The molecule has 512 valence electrons. The molecular formula is C72H141NO13. The average molecular weight is 1230 g/mol. The van der Waals surface area contributed by atoms with E-state index < -0.39 is 86.8 Å². The fourth-order valence-electron chi connectivity index (χ4n) is 12.9. The first-order chi connectivity index (χ1) is 42.1. The number of aliphatic hydroxyl groups is 8. The summed E-state index contributed by atoms with van der Waals surface area (Å²) in [5.74, 6) is -0.197. The number of rotatable bonds is 63. The summed E-state index contributed by atoms with van der Waals surface area (Å²) >= 11 is 0. The van der Waals surface area contributed by atoms with Gasteiger partial charge in [-0.25, -0.2) is 0 Å². The minimum absolute atomic E-state index is 0.197. The molecule has 0 saturated carbocycles. The Kier molecular flexibility index (Phi) is 54.5. The molecule has 2 heterocycles. The van der Waals surface area contributed by atoms with Gasteiger partial charge in [-0.05, 0) is 12.8 Å². The summed E-state index contributed by atoms with van der Waals surface area (Å²) < 4.78 is 22.9. The summed E-state index contributed by atoms with van der Waals surface area (Å²) in [7, 11) is 0. The maximum atomic E-state index is 13.4. The third kappa shape index (κ3) is 41.5. The van der Waals surface area contributed by atoms with Gasteiger partial charge in [0.2, 0.25) is 5.91 Å². The summed E-state index contributed by atoms with van der Waals surface area (Å²) in [5.41, 5.74) is 0. The SMILES string of the molecule is CCCCCCCCCCCCCCCCCCCCCCCCCCCCCCCCCCCCC(=O)NC(COC1OC(CO)C(OC2OC(CO)C(O)C(O)C2O)C(O)C1O)C(O)CCCCCCCCCCCCCCCCCCCC. The molecule has 1 amide bonds. The fourth-order valence-corrected chi connectivity index (χ4v) is 12.9. The van der Waals surface area contributed by atoms with Crippen molar-refractivity contribution in [3.05, 3.63) is 0 Å². The monoisotopic (exact) mass is 1230 g/mol. The van der Waals surface area contributed by atoms with Crippen LogP contribution in [0.15, 0.2) is 0 Å². The molecule has 14 nitrogen and oxygen atoms in total. The van der Waals surface area contributed by atoms with Gasteiger partial charge in [-0.3, -0.25) is 4.79 Å². The van der Waals surface area contributed by atoms with Crippen molar-refractivity contribution in [1.29, 1.82) is 0 Å². The predicted octanol–water partition coefficient (Wildman–Crippen LogP) is 15.6. The van der Waals surface area contributed by atoms with Crippen LogP contribution in [0.2, 0.25) is 0 Å². The molecule has 12 unspecified atom stereocenters. The highest BCUT2D eigenvalue weighted by atomic mass is 16.7. The first-order valence-electron chi connectivity index (χ1n) is 37.3. The number of hydrogen-bond acceptors (Lipinski definition) is 13. The van der Waals surface area contributed by atoms with Gasteiger partial charge in [-0.2, -0.15) is 0 Å². The number of nitrogens with one attached hydrogen (secondary N) is 1. The fraction of sp³-hybridized carbons (Fsp3) is 0.986. The molecule has 0 spiro atoms. The maximum absolute atomic E-state index is 13.4. The van der Waals surface area contributed by atoms with Crippen LogP contribution < -0.4 is 5.32 Å². The van der Waals surface area contributed by atoms with E-state index in [0.29, 0.717) is 12.8 Å². The third-order valence-electron chi connectivity index (χ3n) is 18.8. The summed E-state index contributed by atoms with van der Waals surface area (Å²) in [6.07, 6.45) is 52.9. The Balaban J connectivity index is 1.59. The Morgan fingerprint density at radius 3 is 0.988 bits per heavy atom. The topological polar surface area (TPSA) is 228 Å². The number of ether oxygens (including phenoxy) is 4. The van der Waals surface area contributed by atoms with Crippen molar-refractivity contribution < 1.29 is 64.6 Å². The average Bonchev–Trinajstić information content (AvgIpc) is 2.67. The van der Waals surface area contributed by atoms with Crippen LogP contribution >= 0.6 is 0 Å². The molecule has 2 saturated heterocycles. The highest BCUT2D eigenvalue weighted by Gasteiger charge is 2.51. The van der Waals surface area contributed by atoms with Crippen LogP contribution in [0, 0.1) is 0 Å². The van der Waals surface area contributed by atoms with Gasteiger partial charge >= 0.3 is 0 Å². The number of carbonyl (C=O) groups excluding carboxylic acids is 1. The second kappa shape index (κ2) is 57.9. The lowest BCUT2D eigenvalue weighted by Gasteiger charge is -2.46. The van der Waals surface area contributed by atoms with Crippen molar-refractivity contribution in [3.8, 4) is 0 Å². The van der Waals surface area contributed by atoms with Gasteiger partial charge < -0.3 is 65.1 Å². The Morgan fingerprint density at radius 2 is 0.663 bits per heavy atom. The summed E-state index contributed by atoms with van der Waals surface area (Å²) in [6, 6.07) is -0.824. The molecule has 0 radical (unpaired) electrons. The van der Waals surface area contributed by atoms with Crippen molar-refractivity contribution in [2.75, 3.05) is 19.8 Å². The molecule has 0 aromatic heterocycles. The molecule has 0 aromatic rings. The second-order valence-electron chi connectivity index (χ2n) is 26.8. The number of hydrogen-bond donors (Lipinski definition) is 9. The zero-order chi connectivity index (χ0) is 62.3. The van der Waals surface area contributed by atoms with Gasteiger partial charge in [-0.1, -0.05) is 341 Å². The molecule has 2 fully saturated rings. The van der Waals surface area contributed by atoms with E-state index in [1.54, 1.807) is 0 Å². The quantitative estimate of drug-likeness (QED) is 0.0259. The molecule has 0 aliphatic carbocycles. The first-order valence-corrected chi connectivity index (χ1v) is 37.3. The lowest BCUT2D eigenvalue weighted by atomic mass is 9.97. The van der Waals surface area contributed by atoms with Crippen LogP contribution in [-0.4, -0.2) is 140 Å². The Bertz CT molecular complexity index is 1450. The molecule has 2 rings (SSSR count). The van der Waals surface area contributed by atoms with Crippen molar-refractivity contribution in [3.63, 3.8) is 0 Å². The third-order valence-corrected chi connectivity index (χ3v) is 18.8. The van der Waals surface area contributed by atoms with Gasteiger partial charge in [0.05, 0.1) is 32.0 Å². The van der Waals surface area contributed by atoms with Crippen molar-refractivity contribution in [1.82, 2.24) is 5.32 Å². The van der Waals surface area contributed by atoms with E-state index in [9.17, 15) is 45.6 Å². The van der Waals surface area contributed by atoms with E-state index in [4.69, 9.17) is 18.9 Å². The number of unbranched alkanes of at least 4 members (excludes halogenated alkanes) is 50. The molecule has 0 bridgehead atoms. The smallest absolute Gasteiger partial charge is 0.220 e. The summed E-state index contributed by atoms with van der Waals surface area (Å²) in [6.45, 7) is 2.93. The van der Waals surface area contributed by atoms with Crippen LogP contribution in [0.25, 0.3) is 0 Å². The lowest BCUT2D eigenvalue weighted by molar-refractivity contribution is -0.359. The van der Waals surface area contributed by atoms with E-state index in [0.717, 1.165) is 51.4 Å². The lowest BCUT2D eigenvalue weighted by Crippen LogP contribution is -2.65. The van der Waals surface area contributed by atoms with Gasteiger partial charge in [0, 0.05) is 6.42 Å². The van der Waals surface area contributed by atoms with Crippen LogP contribution in [0.3, 0.4) is 0 Å². The molecule has 2 aliphatic rings. The molecular weight excluding hydrogens is 1090 g/mol. The minimum Gasteiger partial charge on any atom is -0.394 e. The van der Waals surface area contributed by atoms with E-state index in [1.165, 1.54) is 283 Å². The Morgan fingerprint density at radius 1 is 0.372 bits per heavy atom. The van der Waals surface area contributed by atoms with E-state index in [1.807, 2.05) is 0 Å².